The van der Waals surface area contributed by atoms with Crippen molar-refractivity contribution in [2.45, 2.75) is 26.9 Å². The normalized spacial score (nSPS) is 10.1. The van der Waals surface area contributed by atoms with E-state index in [2.05, 4.69) is 4.74 Å². The zero-order valence-corrected chi connectivity index (χ0v) is 10.6. The molecule has 0 spiro atoms. The first-order chi connectivity index (χ1) is 8.97. The van der Waals surface area contributed by atoms with E-state index in [0.29, 0.717) is 11.1 Å². The third-order valence-electron chi connectivity index (χ3n) is 2.41. The highest BCUT2D eigenvalue weighted by Crippen LogP contribution is 2.25. The summed E-state index contributed by atoms with van der Waals surface area (Å²) in [5, 5.41) is 8.85. The van der Waals surface area contributed by atoms with Crippen LogP contribution < -0.4 is 4.74 Å². The molecule has 4 nitrogen and oxygen atoms in total. The number of hydrogen-bond acceptors (Lipinski definition) is 4. The van der Waals surface area contributed by atoms with E-state index < -0.39 is 12.6 Å². The molecule has 0 saturated carbocycles. The van der Waals surface area contributed by atoms with Gasteiger partial charge in [-0.05, 0) is 37.1 Å². The third kappa shape index (κ3) is 4.21. The number of carbonyl (C=O) groups excluding carboxylic acids is 1. The first kappa shape index (κ1) is 14.9. The maximum atomic E-state index is 12.2. The van der Waals surface area contributed by atoms with E-state index in [4.69, 9.17) is 10.00 Å². The Morgan fingerprint density at radius 1 is 1.47 bits per heavy atom. The number of nitrogens with zero attached hydrogens (tertiary/aromatic N) is 1. The molecule has 0 atom stereocenters. The van der Waals surface area contributed by atoms with Gasteiger partial charge in [-0.15, -0.1) is 0 Å². The van der Waals surface area contributed by atoms with Crippen molar-refractivity contribution >= 4 is 5.97 Å². The van der Waals surface area contributed by atoms with Crippen LogP contribution in [0.3, 0.4) is 0 Å². The first-order valence-corrected chi connectivity index (χ1v) is 5.62. The van der Waals surface area contributed by atoms with Crippen LogP contribution in [0.5, 0.6) is 5.75 Å². The Bertz CT molecular complexity index is 509. The summed E-state index contributed by atoms with van der Waals surface area (Å²) >= 11 is 0. The van der Waals surface area contributed by atoms with Crippen LogP contribution in [0.25, 0.3) is 0 Å². The van der Waals surface area contributed by atoms with Crippen LogP contribution in [0, 0.1) is 18.3 Å². The minimum Gasteiger partial charge on any atom is -0.466 e. The van der Waals surface area contributed by atoms with E-state index in [0.717, 1.165) is 0 Å². The molecule has 0 aliphatic carbocycles. The second kappa shape index (κ2) is 6.69. The zero-order chi connectivity index (χ0) is 14.4. The lowest BCUT2D eigenvalue weighted by Crippen LogP contribution is -2.10. The number of alkyl halides is 2. The number of aryl methyl sites for hydroxylation is 1. The molecule has 0 aliphatic heterocycles. The van der Waals surface area contributed by atoms with Gasteiger partial charge in [-0.1, -0.05) is 0 Å². The Morgan fingerprint density at radius 3 is 2.68 bits per heavy atom. The summed E-state index contributed by atoms with van der Waals surface area (Å²) < 4.78 is 33.5. The van der Waals surface area contributed by atoms with Gasteiger partial charge in [-0.2, -0.15) is 14.0 Å². The van der Waals surface area contributed by atoms with Gasteiger partial charge in [-0.25, -0.2) is 0 Å². The number of halogens is 2. The Kier molecular flexibility index (Phi) is 5.24. The van der Waals surface area contributed by atoms with Crippen LogP contribution in [-0.2, 0) is 16.0 Å². The lowest BCUT2D eigenvalue weighted by atomic mass is 10.0. The Balaban J connectivity index is 3.05. The molecule has 102 valence electrons. The number of carbonyl (C=O) groups is 1. The molecule has 0 saturated heterocycles. The fourth-order valence-electron chi connectivity index (χ4n) is 1.57. The van der Waals surface area contributed by atoms with Crippen LogP contribution in [0.1, 0.15) is 23.6 Å². The van der Waals surface area contributed by atoms with Gasteiger partial charge in [-0.3, -0.25) is 4.79 Å². The molecule has 0 bridgehead atoms. The zero-order valence-electron chi connectivity index (χ0n) is 10.6. The maximum Gasteiger partial charge on any atom is 0.387 e. The van der Waals surface area contributed by atoms with Crippen molar-refractivity contribution in [2.75, 3.05) is 6.61 Å². The van der Waals surface area contributed by atoms with Crippen molar-refractivity contribution < 1.29 is 23.0 Å². The Morgan fingerprint density at radius 2 is 2.16 bits per heavy atom. The molecule has 0 amide bonds. The Hall–Kier alpha value is -2.16. The number of rotatable bonds is 5. The van der Waals surface area contributed by atoms with Crippen molar-refractivity contribution in [3.63, 3.8) is 0 Å². The molecule has 1 rings (SSSR count). The molecule has 1 aromatic carbocycles. The van der Waals surface area contributed by atoms with E-state index >= 15 is 0 Å². The number of esters is 1. The summed E-state index contributed by atoms with van der Waals surface area (Å²) in [6.45, 7) is 0.579. The average Bonchev–Trinajstić information content (AvgIpc) is 2.32. The maximum absolute atomic E-state index is 12.2. The second-order valence-electron chi connectivity index (χ2n) is 3.75. The summed E-state index contributed by atoms with van der Waals surface area (Å²) in [7, 11) is 0. The topological polar surface area (TPSA) is 59.3 Å². The molecular weight excluding hydrogens is 256 g/mol. The van der Waals surface area contributed by atoms with Crippen LogP contribution in [0.15, 0.2) is 12.1 Å². The number of hydrogen-bond donors (Lipinski definition) is 0. The molecule has 0 fully saturated rings. The molecule has 0 radical (unpaired) electrons. The van der Waals surface area contributed by atoms with Crippen molar-refractivity contribution in [1.29, 1.82) is 5.26 Å². The van der Waals surface area contributed by atoms with Crippen LogP contribution >= 0.6 is 0 Å². The smallest absolute Gasteiger partial charge is 0.387 e. The fraction of sp³-hybridized carbons (Fsp3) is 0.385. The highest BCUT2D eigenvalue weighted by atomic mass is 19.3. The van der Waals surface area contributed by atoms with Gasteiger partial charge < -0.3 is 9.47 Å². The average molecular weight is 269 g/mol. The van der Waals surface area contributed by atoms with Gasteiger partial charge in [0.15, 0.2) is 0 Å². The second-order valence-corrected chi connectivity index (χ2v) is 3.75. The van der Waals surface area contributed by atoms with Gasteiger partial charge >= 0.3 is 12.6 Å². The molecule has 0 aliphatic rings. The van der Waals surface area contributed by atoms with Crippen molar-refractivity contribution in [3.05, 3.63) is 28.8 Å². The van der Waals surface area contributed by atoms with Gasteiger partial charge in [0.25, 0.3) is 0 Å². The quantitative estimate of drug-likeness (QED) is 0.771. The molecular formula is C13H13F2NO3. The van der Waals surface area contributed by atoms with Crippen LogP contribution in [0.4, 0.5) is 8.78 Å². The molecule has 0 aromatic heterocycles. The largest absolute Gasteiger partial charge is 0.466 e. The number of benzene rings is 1. The summed E-state index contributed by atoms with van der Waals surface area (Å²) in [6.07, 6.45) is -0.0506. The summed E-state index contributed by atoms with van der Waals surface area (Å²) in [6, 6.07) is 4.46. The van der Waals surface area contributed by atoms with E-state index in [1.165, 1.54) is 12.1 Å². The molecule has 6 heteroatoms. The van der Waals surface area contributed by atoms with Crippen molar-refractivity contribution in [2.24, 2.45) is 0 Å². The van der Waals surface area contributed by atoms with Crippen molar-refractivity contribution in [3.8, 4) is 11.8 Å². The minimum absolute atomic E-state index is 0.00501. The van der Waals surface area contributed by atoms with Gasteiger partial charge in [0.05, 0.1) is 18.6 Å². The molecule has 0 N–H and O–H groups in total. The predicted octanol–water partition coefficient (Wildman–Crippen LogP) is 2.57. The molecule has 0 heterocycles. The van der Waals surface area contributed by atoms with Gasteiger partial charge in [0.1, 0.15) is 11.8 Å². The van der Waals surface area contributed by atoms with E-state index in [1.54, 1.807) is 19.9 Å². The SMILES string of the molecule is CCOC(=O)Cc1cc(OC(F)F)c(C#N)cc1C. The number of ether oxygens (including phenoxy) is 2. The van der Waals surface area contributed by atoms with E-state index in [1.807, 2.05) is 0 Å². The van der Waals surface area contributed by atoms with Gasteiger partial charge in [0, 0.05) is 0 Å². The standard InChI is InChI=1S/C13H13F2NO3/c1-3-18-12(17)6-9-5-11(19-13(14)15)10(7-16)4-8(9)2/h4-5,13H,3,6H2,1-2H3. The Labute approximate surface area is 109 Å². The summed E-state index contributed by atoms with van der Waals surface area (Å²) in [5.41, 5.74) is 1.14. The van der Waals surface area contributed by atoms with Crippen LogP contribution in [-0.4, -0.2) is 19.2 Å². The highest BCUT2D eigenvalue weighted by molar-refractivity contribution is 5.73. The minimum atomic E-state index is -3.02. The molecule has 0 unspecified atom stereocenters. The summed E-state index contributed by atoms with van der Waals surface area (Å²) in [5.74, 6) is -0.694. The van der Waals surface area contributed by atoms with E-state index in [-0.39, 0.29) is 24.3 Å². The molecule has 1 aromatic rings. The van der Waals surface area contributed by atoms with Crippen LogP contribution in [0.2, 0.25) is 0 Å². The molecule has 19 heavy (non-hydrogen) atoms. The first-order valence-electron chi connectivity index (χ1n) is 5.62. The lowest BCUT2D eigenvalue weighted by molar-refractivity contribution is -0.142. The van der Waals surface area contributed by atoms with Crippen molar-refractivity contribution in [1.82, 2.24) is 0 Å². The predicted molar refractivity (Wildman–Crippen MR) is 62.9 cm³/mol. The summed E-state index contributed by atoms with van der Waals surface area (Å²) in [4.78, 5) is 11.4. The fourth-order valence-corrected chi connectivity index (χ4v) is 1.57. The number of nitriles is 1. The monoisotopic (exact) mass is 269 g/mol. The van der Waals surface area contributed by atoms with Gasteiger partial charge in [0.2, 0.25) is 0 Å². The van der Waals surface area contributed by atoms with E-state index in [9.17, 15) is 13.6 Å². The lowest BCUT2D eigenvalue weighted by Gasteiger charge is -2.11. The highest BCUT2D eigenvalue weighted by Gasteiger charge is 2.15. The third-order valence-corrected chi connectivity index (χ3v) is 2.41.